The fraction of sp³-hybridized carbons (Fsp3) is 0.125. The molecule has 0 atom stereocenters. The minimum atomic E-state index is -0.113. The summed E-state index contributed by atoms with van der Waals surface area (Å²) in [6, 6.07) is 21.3. The first kappa shape index (κ1) is 20.4. The number of anilines is 1. The quantitative estimate of drug-likeness (QED) is 0.341. The van der Waals surface area contributed by atoms with Crippen LogP contribution in [0.15, 0.2) is 82.8 Å². The molecule has 4 nitrogen and oxygen atoms in total. The normalized spacial score (nSPS) is 16.8. The van der Waals surface area contributed by atoms with E-state index in [9.17, 15) is 4.79 Å². The molecule has 2 aromatic carbocycles. The molecule has 150 valence electrons. The van der Waals surface area contributed by atoms with E-state index < -0.39 is 0 Å². The molecule has 1 amide bonds. The summed E-state index contributed by atoms with van der Waals surface area (Å²) in [5.41, 5.74) is 3.52. The second-order valence-electron chi connectivity index (χ2n) is 7.12. The van der Waals surface area contributed by atoms with Gasteiger partial charge < -0.3 is 0 Å². The van der Waals surface area contributed by atoms with Crippen LogP contribution in [0.4, 0.5) is 11.4 Å². The first-order chi connectivity index (χ1) is 14.5. The topological polar surface area (TPSA) is 45.6 Å². The van der Waals surface area contributed by atoms with Gasteiger partial charge in [0, 0.05) is 6.20 Å². The Labute approximate surface area is 185 Å². The van der Waals surface area contributed by atoms with Crippen molar-refractivity contribution in [2.45, 2.75) is 19.8 Å². The van der Waals surface area contributed by atoms with Crippen LogP contribution in [0.25, 0.3) is 6.08 Å². The molecule has 1 fully saturated rings. The lowest BCUT2D eigenvalue weighted by Gasteiger charge is -2.15. The lowest BCUT2D eigenvalue weighted by atomic mass is 10.0. The number of benzene rings is 2. The van der Waals surface area contributed by atoms with Crippen LogP contribution < -0.4 is 4.90 Å². The van der Waals surface area contributed by atoms with Crippen molar-refractivity contribution in [3.8, 4) is 0 Å². The molecule has 1 aliphatic rings. The van der Waals surface area contributed by atoms with Crippen molar-refractivity contribution >= 4 is 51.9 Å². The second kappa shape index (κ2) is 8.86. The predicted molar refractivity (Wildman–Crippen MR) is 126 cm³/mol. The molecule has 6 heteroatoms. The summed E-state index contributed by atoms with van der Waals surface area (Å²) in [7, 11) is 0. The zero-order chi connectivity index (χ0) is 21.1. The minimum Gasteiger partial charge on any atom is -0.268 e. The number of para-hydroxylation sites is 1. The number of halogens is 1. The van der Waals surface area contributed by atoms with Gasteiger partial charge in [0.25, 0.3) is 5.91 Å². The highest BCUT2D eigenvalue weighted by atomic mass is 35.5. The molecule has 0 radical (unpaired) electrons. The van der Waals surface area contributed by atoms with Crippen molar-refractivity contribution < 1.29 is 4.79 Å². The number of pyridine rings is 1. The summed E-state index contributed by atoms with van der Waals surface area (Å²) in [5, 5.41) is 0.846. The number of thioether (sulfide) groups is 1. The number of hydrogen-bond donors (Lipinski definition) is 0. The zero-order valence-corrected chi connectivity index (χ0v) is 18.2. The zero-order valence-electron chi connectivity index (χ0n) is 16.6. The van der Waals surface area contributed by atoms with E-state index in [4.69, 9.17) is 11.6 Å². The lowest BCUT2D eigenvalue weighted by Crippen LogP contribution is -2.28. The number of nitrogens with zero attached hydrogens (tertiary/aromatic N) is 3. The van der Waals surface area contributed by atoms with E-state index >= 15 is 0 Å². The Bertz CT molecular complexity index is 1120. The fourth-order valence-corrected chi connectivity index (χ4v) is 4.20. The van der Waals surface area contributed by atoms with Crippen molar-refractivity contribution in [1.29, 1.82) is 0 Å². The maximum atomic E-state index is 13.3. The van der Waals surface area contributed by atoms with Crippen molar-refractivity contribution in [1.82, 2.24) is 4.98 Å². The summed E-state index contributed by atoms with van der Waals surface area (Å²) < 4.78 is 0. The van der Waals surface area contributed by atoms with Gasteiger partial charge in [0.1, 0.15) is 5.69 Å². The monoisotopic (exact) mass is 433 g/mol. The summed E-state index contributed by atoms with van der Waals surface area (Å²) >= 11 is 7.53. The van der Waals surface area contributed by atoms with E-state index in [0.29, 0.717) is 26.8 Å². The average molecular weight is 434 g/mol. The Morgan fingerprint density at radius 3 is 2.43 bits per heavy atom. The molecule has 0 unspecified atom stereocenters. The van der Waals surface area contributed by atoms with Gasteiger partial charge in [-0.3, -0.25) is 9.69 Å². The Morgan fingerprint density at radius 1 is 1.03 bits per heavy atom. The number of hydrogen-bond acceptors (Lipinski definition) is 4. The molecule has 30 heavy (non-hydrogen) atoms. The fourth-order valence-electron chi connectivity index (χ4n) is 3.05. The summed E-state index contributed by atoms with van der Waals surface area (Å²) in [6.07, 6.45) is 3.51. The predicted octanol–water partition coefficient (Wildman–Crippen LogP) is 6.67. The van der Waals surface area contributed by atoms with Gasteiger partial charge in [0.05, 0.1) is 10.6 Å². The molecule has 2 heterocycles. The van der Waals surface area contributed by atoms with Crippen LogP contribution >= 0.6 is 23.4 Å². The van der Waals surface area contributed by atoms with E-state index in [-0.39, 0.29) is 5.91 Å². The largest absolute Gasteiger partial charge is 0.271 e. The number of carbonyl (C=O) groups is 1. The second-order valence-corrected chi connectivity index (χ2v) is 8.48. The number of carbonyl (C=O) groups excluding carboxylic acids is 1. The van der Waals surface area contributed by atoms with E-state index in [2.05, 4.69) is 36.0 Å². The lowest BCUT2D eigenvalue weighted by molar-refractivity contribution is -0.113. The van der Waals surface area contributed by atoms with Crippen LogP contribution in [0, 0.1) is 0 Å². The third kappa shape index (κ3) is 4.32. The maximum Gasteiger partial charge on any atom is 0.271 e. The van der Waals surface area contributed by atoms with Crippen molar-refractivity contribution in [3.63, 3.8) is 0 Å². The summed E-state index contributed by atoms with van der Waals surface area (Å²) in [4.78, 5) is 24.2. The molecule has 1 saturated heterocycles. The van der Waals surface area contributed by atoms with Gasteiger partial charge in [-0.15, -0.1) is 0 Å². The number of aromatic nitrogens is 1. The van der Waals surface area contributed by atoms with E-state index in [1.807, 2.05) is 48.5 Å². The van der Waals surface area contributed by atoms with Gasteiger partial charge >= 0.3 is 0 Å². The number of amidine groups is 1. The molecule has 1 aromatic heterocycles. The highest BCUT2D eigenvalue weighted by Gasteiger charge is 2.34. The third-order valence-corrected chi connectivity index (χ3v) is 5.94. The number of rotatable bonds is 4. The van der Waals surface area contributed by atoms with E-state index in [1.165, 1.54) is 17.3 Å². The first-order valence-corrected chi connectivity index (χ1v) is 10.8. The van der Waals surface area contributed by atoms with Crippen LogP contribution in [0.3, 0.4) is 0 Å². The standard InChI is InChI=1S/C24H20ClN3OS/c1-16(2)18-12-10-17(11-13-18)15-21-23(29)28(19-7-4-3-5-8-19)24(30-21)27-20-9-6-14-26-22(20)25/h3-16H,1-2H3/b21-15-,27-24?. The number of aliphatic imine (C=N–C) groups is 1. The van der Waals surface area contributed by atoms with Crippen molar-refractivity contribution in [2.75, 3.05) is 4.90 Å². The molecule has 0 bridgehead atoms. The Balaban J connectivity index is 1.74. The maximum absolute atomic E-state index is 13.3. The summed E-state index contributed by atoms with van der Waals surface area (Å²) in [6.45, 7) is 4.32. The first-order valence-electron chi connectivity index (χ1n) is 9.61. The smallest absolute Gasteiger partial charge is 0.268 e. The molecular formula is C24H20ClN3OS. The average Bonchev–Trinajstić information content (AvgIpc) is 3.05. The van der Waals surface area contributed by atoms with Gasteiger partial charge in [-0.25, -0.2) is 9.98 Å². The molecule has 0 saturated carbocycles. The Kier molecular flexibility index (Phi) is 6.02. The molecule has 3 aromatic rings. The van der Waals surface area contributed by atoms with E-state index in [0.717, 1.165) is 11.3 Å². The van der Waals surface area contributed by atoms with Gasteiger partial charge in [0.2, 0.25) is 0 Å². The van der Waals surface area contributed by atoms with Crippen LogP contribution in [0.2, 0.25) is 5.15 Å². The van der Waals surface area contributed by atoms with Crippen molar-refractivity contribution in [2.24, 2.45) is 4.99 Å². The van der Waals surface area contributed by atoms with Gasteiger partial charge in [-0.1, -0.05) is 67.9 Å². The highest BCUT2D eigenvalue weighted by molar-refractivity contribution is 8.19. The van der Waals surface area contributed by atoms with Crippen LogP contribution in [0.1, 0.15) is 30.9 Å². The highest BCUT2D eigenvalue weighted by Crippen LogP contribution is 2.38. The molecule has 0 aliphatic carbocycles. The summed E-state index contributed by atoms with van der Waals surface area (Å²) in [5.74, 6) is 0.351. The molecular weight excluding hydrogens is 414 g/mol. The molecule has 1 aliphatic heterocycles. The number of amides is 1. The van der Waals surface area contributed by atoms with Crippen molar-refractivity contribution in [3.05, 3.63) is 94.1 Å². The van der Waals surface area contributed by atoms with Crippen LogP contribution in [0.5, 0.6) is 0 Å². The van der Waals surface area contributed by atoms with Crippen LogP contribution in [-0.4, -0.2) is 16.1 Å². The van der Waals surface area contributed by atoms with Crippen LogP contribution in [-0.2, 0) is 4.79 Å². The third-order valence-electron chi connectivity index (χ3n) is 4.68. The molecule has 0 N–H and O–H groups in total. The Morgan fingerprint density at radius 2 is 1.77 bits per heavy atom. The molecule has 4 rings (SSSR count). The minimum absolute atomic E-state index is 0.113. The molecule has 0 spiro atoms. The van der Waals surface area contributed by atoms with Gasteiger partial charge in [0.15, 0.2) is 10.3 Å². The SMILES string of the molecule is CC(C)c1ccc(/C=C2\SC(=Nc3cccnc3Cl)N(c3ccccc3)C2=O)cc1. The van der Waals surface area contributed by atoms with Gasteiger partial charge in [-0.2, -0.15) is 0 Å². The van der Waals surface area contributed by atoms with E-state index in [1.54, 1.807) is 23.2 Å². The Hall–Kier alpha value is -2.89. The van der Waals surface area contributed by atoms with Gasteiger partial charge in [-0.05, 0) is 59.1 Å².